The fourth-order valence-corrected chi connectivity index (χ4v) is 0.818. The van der Waals surface area contributed by atoms with E-state index >= 15 is 0 Å². The topological polar surface area (TPSA) is 65.0 Å². The Kier molecular flexibility index (Phi) is 13.8. The average Bonchev–Trinajstić information content (AvgIpc) is 2.19. The van der Waals surface area contributed by atoms with Gasteiger partial charge in [0.05, 0.1) is 0 Å². The van der Waals surface area contributed by atoms with Crippen LogP contribution >= 0.6 is 0 Å². The van der Waals surface area contributed by atoms with E-state index in [0.717, 1.165) is 0 Å². The van der Waals surface area contributed by atoms with Crippen LogP contribution in [0, 0.1) is 0 Å². The second kappa shape index (κ2) is 12.4. The second-order valence-corrected chi connectivity index (χ2v) is 2.93. The minimum absolute atomic E-state index is 0.179. The number of hydrogen-bond acceptors (Lipinski definition) is 4. The number of ether oxygens (including phenoxy) is 3. The normalized spacial score (nSPS) is 13.6. The van der Waals surface area contributed by atoms with Crippen LogP contribution in [-0.4, -0.2) is 36.9 Å². The molecule has 0 fully saturated rings. The number of carboxylic acids is 1. The lowest BCUT2D eigenvalue weighted by molar-refractivity contribution is -0.228. The predicted molar refractivity (Wildman–Crippen MR) is 61.2 cm³/mol. The van der Waals surface area contributed by atoms with Gasteiger partial charge in [-0.2, -0.15) is 0 Å². The van der Waals surface area contributed by atoms with Crippen LogP contribution < -0.4 is 0 Å². The molecule has 5 heteroatoms. The van der Waals surface area contributed by atoms with Gasteiger partial charge in [-0.3, -0.25) is 4.79 Å². The van der Waals surface area contributed by atoms with Crippen molar-refractivity contribution >= 4 is 5.97 Å². The van der Waals surface area contributed by atoms with Crippen LogP contribution in [0.3, 0.4) is 0 Å². The Balaban J connectivity index is 0. The Morgan fingerprint density at radius 1 is 1.06 bits per heavy atom. The van der Waals surface area contributed by atoms with Gasteiger partial charge in [0.25, 0.3) is 0 Å². The van der Waals surface area contributed by atoms with E-state index in [2.05, 4.69) is 0 Å². The Labute approximate surface area is 97.7 Å². The van der Waals surface area contributed by atoms with Gasteiger partial charge < -0.3 is 19.3 Å². The summed E-state index contributed by atoms with van der Waals surface area (Å²) in [5.74, 6) is -0.745. The van der Waals surface area contributed by atoms with E-state index in [4.69, 9.17) is 19.3 Å². The van der Waals surface area contributed by atoms with Gasteiger partial charge >= 0.3 is 5.97 Å². The van der Waals surface area contributed by atoms with Crippen LogP contribution in [0.15, 0.2) is 0 Å². The van der Waals surface area contributed by atoms with Crippen molar-refractivity contribution in [3.05, 3.63) is 0 Å². The number of carbonyl (C=O) groups is 1. The third-order valence-electron chi connectivity index (χ3n) is 1.49. The number of hydrogen-bond donors (Lipinski definition) is 1. The van der Waals surface area contributed by atoms with E-state index in [-0.39, 0.29) is 19.0 Å². The predicted octanol–water partition coefficient (Wildman–Crippen LogP) is 2.25. The number of rotatable bonds is 7. The largest absolute Gasteiger partial charge is 0.481 e. The Morgan fingerprint density at radius 3 is 1.56 bits per heavy atom. The lowest BCUT2D eigenvalue weighted by Gasteiger charge is -2.18. The van der Waals surface area contributed by atoms with Crippen LogP contribution in [-0.2, 0) is 19.0 Å². The molecule has 0 heterocycles. The second-order valence-electron chi connectivity index (χ2n) is 2.93. The molecule has 0 bridgehead atoms. The van der Waals surface area contributed by atoms with Gasteiger partial charge in [0.15, 0.2) is 12.6 Å². The molecule has 0 aromatic rings. The molecule has 0 aliphatic rings. The van der Waals surface area contributed by atoms with Crippen molar-refractivity contribution in [2.24, 2.45) is 0 Å². The first-order valence-electron chi connectivity index (χ1n) is 5.58. The third kappa shape index (κ3) is 15.8. The van der Waals surface area contributed by atoms with Gasteiger partial charge in [0, 0.05) is 19.6 Å². The van der Waals surface area contributed by atoms with E-state index in [1.54, 1.807) is 6.92 Å². The molecule has 0 saturated carbocycles. The summed E-state index contributed by atoms with van der Waals surface area (Å²) >= 11 is 0. The summed E-state index contributed by atoms with van der Waals surface area (Å²) in [6.45, 7) is 10.5. The van der Waals surface area contributed by atoms with Gasteiger partial charge in [-0.25, -0.2) is 0 Å². The maximum Gasteiger partial charge on any atom is 0.303 e. The first-order valence-corrected chi connectivity index (χ1v) is 5.58. The van der Waals surface area contributed by atoms with Crippen molar-refractivity contribution in [3.63, 3.8) is 0 Å². The van der Waals surface area contributed by atoms with E-state index in [0.29, 0.717) is 13.2 Å². The molecular weight excluding hydrogens is 212 g/mol. The monoisotopic (exact) mass is 236 g/mol. The molecule has 2 atom stereocenters. The van der Waals surface area contributed by atoms with E-state index in [1.165, 1.54) is 0 Å². The summed E-state index contributed by atoms with van der Waals surface area (Å²) in [5, 5.41) is 7.72. The molecule has 0 amide bonds. The Morgan fingerprint density at radius 2 is 1.38 bits per heavy atom. The Bertz CT molecular complexity index is 150. The molecule has 0 aromatic heterocycles. The highest BCUT2D eigenvalue weighted by Crippen LogP contribution is 2.00. The quantitative estimate of drug-likeness (QED) is 0.687. The molecular formula is C11H24O5. The van der Waals surface area contributed by atoms with Crippen molar-refractivity contribution in [2.45, 2.75) is 53.6 Å². The fraction of sp³-hybridized carbons (Fsp3) is 0.909. The van der Waals surface area contributed by atoms with Crippen molar-refractivity contribution in [2.75, 3.05) is 13.2 Å². The molecule has 1 N–H and O–H groups in total. The Hall–Kier alpha value is -0.650. The zero-order valence-corrected chi connectivity index (χ0v) is 10.9. The molecule has 0 spiro atoms. The van der Waals surface area contributed by atoms with Crippen LogP contribution in [0.5, 0.6) is 0 Å². The molecule has 0 saturated heterocycles. The smallest absolute Gasteiger partial charge is 0.303 e. The highest BCUT2D eigenvalue weighted by Gasteiger charge is 2.06. The maximum absolute atomic E-state index is 9.37. The van der Waals surface area contributed by atoms with Gasteiger partial charge in [0.2, 0.25) is 0 Å². The summed E-state index contributed by atoms with van der Waals surface area (Å²) in [4.78, 5) is 9.37. The summed E-state index contributed by atoms with van der Waals surface area (Å²) < 4.78 is 15.6. The van der Waals surface area contributed by atoms with Crippen LogP contribution in [0.2, 0.25) is 0 Å². The summed E-state index contributed by atoms with van der Waals surface area (Å²) in [7, 11) is 0. The molecule has 98 valence electrons. The minimum Gasteiger partial charge on any atom is -0.481 e. The van der Waals surface area contributed by atoms with Crippen molar-refractivity contribution in [1.82, 2.24) is 0 Å². The lowest BCUT2D eigenvalue weighted by Crippen LogP contribution is -2.22. The van der Waals surface area contributed by atoms with Crippen LogP contribution in [0.25, 0.3) is 0 Å². The number of aliphatic carboxylic acids is 1. The lowest BCUT2D eigenvalue weighted by atomic mass is 10.5. The summed E-state index contributed by atoms with van der Waals surface area (Å²) in [6.07, 6.45) is -0.136. The summed E-state index contributed by atoms with van der Waals surface area (Å²) in [5.41, 5.74) is 0. The maximum atomic E-state index is 9.37. The molecule has 0 aliphatic heterocycles. The molecule has 0 aromatic carbocycles. The standard InChI is InChI=1S/C8H18O3.C3H6O2/c1-5-9-7(3)11-8(4)10-6-2;1-2-3(4)5/h7-8H,5-6H2,1-4H3;2H2,1H3,(H,4,5). The molecule has 0 rings (SSSR count). The fourth-order valence-electron chi connectivity index (χ4n) is 0.818. The van der Waals surface area contributed by atoms with Crippen molar-refractivity contribution < 1.29 is 24.1 Å². The van der Waals surface area contributed by atoms with Crippen LogP contribution in [0.1, 0.15) is 41.0 Å². The van der Waals surface area contributed by atoms with Crippen molar-refractivity contribution in [3.8, 4) is 0 Å². The average molecular weight is 236 g/mol. The zero-order valence-electron chi connectivity index (χ0n) is 10.9. The molecule has 0 radical (unpaired) electrons. The van der Waals surface area contributed by atoms with E-state index < -0.39 is 5.97 Å². The van der Waals surface area contributed by atoms with E-state index in [1.807, 2.05) is 27.7 Å². The van der Waals surface area contributed by atoms with E-state index in [9.17, 15) is 4.79 Å². The van der Waals surface area contributed by atoms with Crippen LogP contribution in [0.4, 0.5) is 0 Å². The molecule has 0 aliphatic carbocycles. The minimum atomic E-state index is -0.745. The molecule has 16 heavy (non-hydrogen) atoms. The highest BCUT2D eigenvalue weighted by molar-refractivity contribution is 5.66. The van der Waals surface area contributed by atoms with Gasteiger partial charge in [-0.1, -0.05) is 6.92 Å². The van der Waals surface area contributed by atoms with Crippen molar-refractivity contribution in [1.29, 1.82) is 0 Å². The zero-order chi connectivity index (χ0) is 13.0. The first-order chi connectivity index (χ1) is 7.47. The summed E-state index contributed by atoms with van der Waals surface area (Å²) in [6, 6.07) is 0. The SMILES string of the molecule is CCC(=O)O.CCOC(C)OC(C)OCC. The third-order valence-corrected chi connectivity index (χ3v) is 1.49. The molecule has 5 nitrogen and oxygen atoms in total. The molecule has 2 unspecified atom stereocenters. The van der Waals surface area contributed by atoms with Gasteiger partial charge in [0.1, 0.15) is 0 Å². The highest BCUT2D eigenvalue weighted by atomic mass is 16.8. The van der Waals surface area contributed by atoms with Gasteiger partial charge in [-0.15, -0.1) is 0 Å². The number of carboxylic acid groups (broad SMARTS) is 1. The van der Waals surface area contributed by atoms with Gasteiger partial charge in [-0.05, 0) is 27.7 Å². The first kappa shape index (κ1) is 17.7.